The molecule has 1 atom stereocenters. The number of hydrogen-bond donors (Lipinski definition) is 3. The molecule has 7 nitrogen and oxygen atoms in total. The maximum atomic E-state index is 13.4. The molecule has 3 aromatic rings. The number of halogens is 1. The van der Waals surface area contributed by atoms with Crippen LogP contribution in [0.25, 0.3) is 0 Å². The summed E-state index contributed by atoms with van der Waals surface area (Å²) in [6.45, 7) is 3.14. The molecule has 1 fully saturated rings. The zero-order valence-corrected chi connectivity index (χ0v) is 19.1. The Labute approximate surface area is 198 Å². The van der Waals surface area contributed by atoms with Crippen LogP contribution in [0.3, 0.4) is 0 Å². The van der Waals surface area contributed by atoms with Crippen molar-refractivity contribution in [3.63, 3.8) is 0 Å². The molecule has 34 heavy (non-hydrogen) atoms. The van der Waals surface area contributed by atoms with Crippen LogP contribution >= 0.6 is 0 Å². The van der Waals surface area contributed by atoms with Crippen LogP contribution < -0.4 is 15.8 Å². The van der Waals surface area contributed by atoms with Gasteiger partial charge in [-0.15, -0.1) is 0 Å². The van der Waals surface area contributed by atoms with E-state index >= 15 is 0 Å². The van der Waals surface area contributed by atoms with Gasteiger partial charge in [0.25, 0.3) is 0 Å². The third-order valence-corrected chi connectivity index (χ3v) is 5.91. The predicted octanol–water partition coefficient (Wildman–Crippen LogP) is 5.36. The third-order valence-electron chi connectivity index (χ3n) is 5.91. The van der Waals surface area contributed by atoms with Gasteiger partial charge in [0.1, 0.15) is 23.1 Å². The van der Waals surface area contributed by atoms with Crippen molar-refractivity contribution >= 4 is 28.8 Å². The Morgan fingerprint density at radius 3 is 2.76 bits per heavy atom. The van der Waals surface area contributed by atoms with E-state index in [1.165, 1.54) is 12.1 Å². The summed E-state index contributed by atoms with van der Waals surface area (Å²) in [4.78, 5) is 18.2. The molecule has 1 amide bonds. The van der Waals surface area contributed by atoms with E-state index in [0.29, 0.717) is 47.2 Å². The van der Waals surface area contributed by atoms with Crippen molar-refractivity contribution < 1.29 is 13.9 Å². The molecular formula is C26H28FN5O2. The van der Waals surface area contributed by atoms with E-state index in [1.54, 1.807) is 36.5 Å². The number of carbonyl (C=O) groups excluding carboxylic acids is 1. The van der Waals surface area contributed by atoms with E-state index in [2.05, 4.69) is 10.3 Å². The second-order valence-electron chi connectivity index (χ2n) is 8.27. The van der Waals surface area contributed by atoms with Crippen LogP contribution in [0.5, 0.6) is 11.5 Å². The van der Waals surface area contributed by atoms with Crippen LogP contribution in [0.1, 0.15) is 31.7 Å². The number of nitrogens with one attached hydrogen (secondary N) is 2. The van der Waals surface area contributed by atoms with Gasteiger partial charge in [-0.05, 0) is 55.3 Å². The SMILES string of the molecule is CCC(=O)N1CCCC(C(=N)c2ccnc(N)c2Nc2ccc(Oc3cccc(F)c3)cc2)C1. The van der Waals surface area contributed by atoms with Gasteiger partial charge >= 0.3 is 0 Å². The van der Waals surface area contributed by atoms with Gasteiger partial charge in [0.2, 0.25) is 5.91 Å². The van der Waals surface area contributed by atoms with Crippen molar-refractivity contribution in [2.75, 3.05) is 24.1 Å². The molecular weight excluding hydrogens is 433 g/mol. The summed E-state index contributed by atoms with van der Waals surface area (Å²) in [5, 5.41) is 12.2. The summed E-state index contributed by atoms with van der Waals surface area (Å²) in [6.07, 6.45) is 3.78. The first kappa shape index (κ1) is 23.2. The van der Waals surface area contributed by atoms with E-state index in [-0.39, 0.29) is 17.6 Å². The lowest BCUT2D eigenvalue weighted by atomic mass is 9.88. The molecule has 0 spiro atoms. The van der Waals surface area contributed by atoms with E-state index in [4.69, 9.17) is 15.9 Å². The molecule has 4 N–H and O–H groups in total. The highest BCUT2D eigenvalue weighted by molar-refractivity contribution is 6.07. The molecule has 0 saturated carbocycles. The van der Waals surface area contributed by atoms with Crippen LogP contribution in [0.4, 0.5) is 21.6 Å². The van der Waals surface area contributed by atoms with Crippen LogP contribution in [0.15, 0.2) is 60.8 Å². The molecule has 0 aliphatic carbocycles. The van der Waals surface area contributed by atoms with Crippen molar-refractivity contribution in [2.45, 2.75) is 26.2 Å². The fraction of sp³-hybridized carbons (Fsp3) is 0.269. The molecule has 2 heterocycles. The van der Waals surface area contributed by atoms with Gasteiger partial charge in [-0.25, -0.2) is 9.37 Å². The van der Waals surface area contributed by atoms with Crippen molar-refractivity contribution in [3.8, 4) is 11.5 Å². The number of ether oxygens (including phenoxy) is 1. The molecule has 4 rings (SSSR count). The van der Waals surface area contributed by atoms with Gasteiger partial charge in [-0.1, -0.05) is 13.0 Å². The van der Waals surface area contributed by atoms with Gasteiger partial charge in [0.05, 0.1) is 5.69 Å². The number of amides is 1. The maximum absolute atomic E-state index is 13.4. The Morgan fingerprint density at radius 2 is 2.03 bits per heavy atom. The largest absolute Gasteiger partial charge is 0.457 e. The highest BCUT2D eigenvalue weighted by Crippen LogP contribution is 2.31. The van der Waals surface area contributed by atoms with E-state index in [0.717, 1.165) is 25.1 Å². The van der Waals surface area contributed by atoms with Crippen molar-refractivity contribution in [1.82, 2.24) is 9.88 Å². The molecule has 1 saturated heterocycles. The number of carbonyl (C=O) groups is 1. The van der Waals surface area contributed by atoms with Gasteiger partial charge in [-0.3, -0.25) is 4.79 Å². The number of pyridine rings is 1. The molecule has 1 unspecified atom stereocenters. The van der Waals surface area contributed by atoms with Crippen LogP contribution in [-0.2, 0) is 4.79 Å². The summed E-state index contributed by atoms with van der Waals surface area (Å²) in [5.41, 5.74) is 8.60. The van der Waals surface area contributed by atoms with Crippen molar-refractivity contribution in [1.29, 1.82) is 5.41 Å². The monoisotopic (exact) mass is 461 g/mol. The number of rotatable bonds is 7. The standard InChI is InChI=1S/C26H28FN5O2/c1-2-23(33)32-14-4-5-17(16-32)24(28)22-12-13-30-26(29)25(22)31-19-8-10-20(11-9-19)34-21-7-3-6-18(27)15-21/h3,6-13,15,17,28,31H,2,4-5,14,16H2,1H3,(H2,29,30). The summed E-state index contributed by atoms with van der Waals surface area (Å²) in [6, 6.07) is 14.9. The van der Waals surface area contributed by atoms with Gasteiger partial charge in [0, 0.05) is 54.7 Å². The molecule has 1 aromatic heterocycles. The first-order valence-corrected chi connectivity index (χ1v) is 11.4. The lowest BCUT2D eigenvalue weighted by molar-refractivity contribution is -0.132. The van der Waals surface area contributed by atoms with E-state index in [9.17, 15) is 9.18 Å². The number of nitrogens with two attached hydrogens (primary N) is 1. The zero-order chi connectivity index (χ0) is 24.1. The van der Waals surface area contributed by atoms with Gasteiger partial charge in [-0.2, -0.15) is 0 Å². The summed E-state index contributed by atoms with van der Waals surface area (Å²) in [7, 11) is 0. The summed E-state index contributed by atoms with van der Waals surface area (Å²) >= 11 is 0. The van der Waals surface area contributed by atoms with Gasteiger partial charge in [0.15, 0.2) is 0 Å². The molecule has 0 bridgehead atoms. The molecule has 0 radical (unpaired) electrons. The Bertz CT molecular complexity index is 1180. The fourth-order valence-corrected chi connectivity index (χ4v) is 4.13. The average molecular weight is 462 g/mol. The predicted molar refractivity (Wildman–Crippen MR) is 131 cm³/mol. The number of nitrogens with zero attached hydrogens (tertiary/aromatic N) is 2. The molecule has 176 valence electrons. The Balaban J connectivity index is 1.51. The molecule has 8 heteroatoms. The second kappa shape index (κ2) is 10.3. The Kier molecular flexibility index (Phi) is 7.06. The molecule has 1 aliphatic rings. The minimum atomic E-state index is -0.363. The van der Waals surface area contributed by atoms with Crippen LogP contribution in [-0.4, -0.2) is 34.6 Å². The van der Waals surface area contributed by atoms with Crippen LogP contribution in [0.2, 0.25) is 0 Å². The van der Waals surface area contributed by atoms with E-state index in [1.807, 2.05) is 24.0 Å². The third kappa shape index (κ3) is 5.33. The Hall–Kier alpha value is -3.94. The molecule has 2 aromatic carbocycles. The highest BCUT2D eigenvalue weighted by Gasteiger charge is 2.28. The Morgan fingerprint density at radius 1 is 1.24 bits per heavy atom. The average Bonchev–Trinajstić information content (AvgIpc) is 2.85. The number of benzene rings is 2. The zero-order valence-electron chi connectivity index (χ0n) is 19.1. The number of nitrogen functional groups attached to an aromatic ring is 1. The van der Waals surface area contributed by atoms with Crippen molar-refractivity contribution in [3.05, 3.63) is 72.2 Å². The lowest BCUT2D eigenvalue weighted by Crippen LogP contribution is -2.42. The summed E-state index contributed by atoms with van der Waals surface area (Å²) < 4.78 is 19.1. The number of aromatic nitrogens is 1. The first-order valence-electron chi connectivity index (χ1n) is 11.4. The van der Waals surface area contributed by atoms with Crippen LogP contribution in [0, 0.1) is 17.1 Å². The van der Waals surface area contributed by atoms with E-state index < -0.39 is 0 Å². The number of hydrogen-bond acceptors (Lipinski definition) is 6. The second-order valence-corrected chi connectivity index (χ2v) is 8.27. The number of piperidine rings is 1. The normalized spacial score (nSPS) is 15.6. The minimum Gasteiger partial charge on any atom is -0.457 e. The smallest absolute Gasteiger partial charge is 0.222 e. The number of likely N-dealkylation sites (tertiary alicyclic amines) is 1. The van der Waals surface area contributed by atoms with Crippen molar-refractivity contribution in [2.24, 2.45) is 5.92 Å². The first-order chi connectivity index (χ1) is 16.4. The quantitative estimate of drug-likeness (QED) is 0.411. The lowest BCUT2D eigenvalue weighted by Gasteiger charge is -2.33. The maximum Gasteiger partial charge on any atom is 0.222 e. The number of anilines is 3. The molecule has 1 aliphatic heterocycles. The fourth-order valence-electron chi connectivity index (χ4n) is 4.13. The van der Waals surface area contributed by atoms with Gasteiger partial charge < -0.3 is 26.1 Å². The minimum absolute atomic E-state index is 0.0614. The topological polar surface area (TPSA) is 104 Å². The highest BCUT2D eigenvalue weighted by atomic mass is 19.1. The summed E-state index contributed by atoms with van der Waals surface area (Å²) in [5.74, 6) is 0.957.